The molecule has 0 aliphatic carbocycles. The Hall–Kier alpha value is -2.99. The highest BCUT2D eigenvalue weighted by Gasteiger charge is 2.11. The Balaban J connectivity index is 1.69. The lowest BCUT2D eigenvalue weighted by Crippen LogP contribution is -2.12. The van der Waals surface area contributed by atoms with Crippen molar-refractivity contribution in [3.05, 3.63) is 69.3 Å². The van der Waals surface area contributed by atoms with Crippen molar-refractivity contribution < 1.29 is 4.79 Å². The number of aromatic nitrogens is 2. The summed E-state index contributed by atoms with van der Waals surface area (Å²) in [7, 11) is 0. The minimum absolute atomic E-state index is 0.114. The first-order valence-corrected chi connectivity index (χ1v) is 7.80. The van der Waals surface area contributed by atoms with E-state index >= 15 is 0 Å². The van der Waals surface area contributed by atoms with Crippen molar-refractivity contribution in [1.29, 1.82) is 0 Å². The van der Waals surface area contributed by atoms with Gasteiger partial charge in [0.2, 0.25) is 4.74 Å². The molecule has 0 spiro atoms. The van der Waals surface area contributed by atoms with Crippen molar-refractivity contribution in [2.24, 2.45) is 0 Å². The summed E-state index contributed by atoms with van der Waals surface area (Å²) >= 11 is 0.952. The Morgan fingerprint density at radius 3 is 2.91 bits per heavy atom. The molecule has 23 heavy (non-hydrogen) atoms. The van der Waals surface area contributed by atoms with Gasteiger partial charge in [-0.15, -0.1) is 0 Å². The fourth-order valence-corrected chi connectivity index (χ4v) is 3.28. The lowest BCUT2D eigenvalue weighted by molar-refractivity contribution is 0.103. The molecule has 2 N–H and O–H groups in total. The number of hydrogen-bond donors (Lipinski definition) is 2. The zero-order valence-electron chi connectivity index (χ0n) is 11.9. The predicted octanol–water partition coefficient (Wildman–Crippen LogP) is 3.39. The maximum atomic E-state index is 12.4. The summed E-state index contributed by atoms with van der Waals surface area (Å²) in [6.07, 6.45) is 1.60. The molecular formula is C17H11N3O2S. The van der Waals surface area contributed by atoms with Crippen LogP contribution in [0.1, 0.15) is 9.67 Å². The molecule has 0 saturated carbocycles. The number of anilines is 1. The smallest absolute Gasteiger partial charge is 0.265 e. The molecule has 0 saturated heterocycles. The van der Waals surface area contributed by atoms with Crippen LogP contribution in [-0.2, 0) is 0 Å². The van der Waals surface area contributed by atoms with Crippen LogP contribution in [0.3, 0.4) is 0 Å². The van der Waals surface area contributed by atoms with Crippen molar-refractivity contribution in [2.75, 3.05) is 5.32 Å². The Bertz CT molecular complexity index is 1100. The highest BCUT2D eigenvalue weighted by Crippen LogP contribution is 2.19. The molecule has 1 amide bonds. The highest BCUT2D eigenvalue weighted by atomic mass is 32.1. The Kier molecular flexibility index (Phi) is 3.17. The molecule has 6 heteroatoms. The van der Waals surface area contributed by atoms with E-state index in [1.807, 2.05) is 30.3 Å². The SMILES string of the molecule is O=C(Nc1ccc2nc[nH]c2c1)c1cc2ccccc2c(=O)s1. The summed E-state index contributed by atoms with van der Waals surface area (Å²) in [5.41, 5.74) is 2.33. The number of fused-ring (bicyclic) bond motifs is 2. The molecule has 0 aliphatic rings. The van der Waals surface area contributed by atoms with Crippen LogP contribution in [-0.4, -0.2) is 15.9 Å². The van der Waals surface area contributed by atoms with E-state index in [-0.39, 0.29) is 10.6 Å². The molecule has 0 bridgehead atoms. The molecule has 0 radical (unpaired) electrons. The number of nitrogens with zero attached hydrogens (tertiary/aromatic N) is 1. The van der Waals surface area contributed by atoms with Crippen LogP contribution >= 0.6 is 11.3 Å². The van der Waals surface area contributed by atoms with Crippen molar-refractivity contribution in [3.63, 3.8) is 0 Å². The second-order valence-electron chi connectivity index (χ2n) is 5.07. The number of carbonyl (C=O) groups excluding carboxylic acids is 1. The molecule has 112 valence electrons. The first-order chi connectivity index (χ1) is 11.2. The number of carbonyl (C=O) groups is 1. The number of imidazole rings is 1. The van der Waals surface area contributed by atoms with Crippen LogP contribution in [0.5, 0.6) is 0 Å². The van der Waals surface area contributed by atoms with Gasteiger partial charge in [0, 0.05) is 11.1 Å². The van der Waals surface area contributed by atoms with Gasteiger partial charge in [-0.2, -0.15) is 0 Å². The zero-order valence-corrected chi connectivity index (χ0v) is 12.7. The topological polar surface area (TPSA) is 74.8 Å². The van der Waals surface area contributed by atoms with Crippen LogP contribution < -0.4 is 10.1 Å². The third kappa shape index (κ3) is 2.49. The quantitative estimate of drug-likeness (QED) is 0.594. The van der Waals surface area contributed by atoms with Gasteiger partial charge in [-0.05, 0) is 35.7 Å². The van der Waals surface area contributed by atoms with Gasteiger partial charge in [0.15, 0.2) is 0 Å². The van der Waals surface area contributed by atoms with E-state index in [1.54, 1.807) is 24.5 Å². The van der Waals surface area contributed by atoms with Crippen LogP contribution in [0.15, 0.2) is 59.7 Å². The van der Waals surface area contributed by atoms with Crippen molar-refractivity contribution in [3.8, 4) is 0 Å². The largest absolute Gasteiger partial charge is 0.345 e. The summed E-state index contributed by atoms with van der Waals surface area (Å²) in [5.74, 6) is -0.295. The molecule has 4 aromatic rings. The molecule has 0 aliphatic heterocycles. The Labute approximate surface area is 134 Å². The summed E-state index contributed by atoms with van der Waals surface area (Å²) in [4.78, 5) is 32.1. The number of H-pyrrole nitrogens is 1. The van der Waals surface area contributed by atoms with E-state index in [0.29, 0.717) is 16.0 Å². The van der Waals surface area contributed by atoms with E-state index in [0.717, 1.165) is 27.8 Å². The minimum atomic E-state index is -0.295. The lowest BCUT2D eigenvalue weighted by Gasteiger charge is -2.05. The number of amides is 1. The van der Waals surface area contributed by atoms with Crippen molar-refractivity contribution >= 4 is 44.7 Å². The Morgan fingerprint density at radius 2 is 2.00 bits per heavy atom. The predicted molar refractivity (Wildman–Crippen MR) is 92.1 cm³/mol. The standard InChI is InChI=1S/C17H11N3O2S/c21-16(20-11-5-6-13-14(8-11)19-9-18-13)15-7-10-3-1-2-4-12(10)17(22)23-15/h1-9H,(H,18,19)(H,20,21). The third-order valence-electron chi connectivity index (χ3n) is 3.57. The number of benzene rings is 2. The summed E-state index contributed by atoms with van der Waals surface area (Å²) < 4.78 is -0.114. The zero-order chi connectivity index (χ0) is 15.8. The van der Waals surface area contributed by atoms with Crippen molar-refractivity contribution in [1.82, 2.24) is 9.97 Å². The number of rotatable bonds is 2. The third-order valence-corrected chi connectivity index (χ3v) is 4.50. The molecule has 0 fully saturated rings. The molecule has 0 unspecified atom stereocenters. The van der Waals surface area contributed by atoms with E-state index in [4.69, 9.17) is 0 Å². The molecule has 2 heterocycles. The van der Waals surface area contributed by atoms with Crippen LogP contribution in [0.25, 0.3) is 21.8 Å². The van der Waals surface area contributed by atoms with Gasteiger partial charge in [-0.1, -0.05) is 29.5 Å². The van der Waals surface area contributed by atoms with E-state index in [2.05, 4.69) is 15.3 Å². The first kappa shape index (κ1) is 13.7. The van der Waals surface area contributed by atoms with Gasteiger partial charge < -0.3 is 10.3 Å². The number of nitrogens with one attached hydrogen (secondary N) is 2. The summed E-state index contributed by atoms with van der Waals surface area (Å²) in [5, 5.41) is 4.22. The second kappa shape index (κ2) is 5.33. The van der Waals surface area contributed by atoms with Gasteiger partial charge in [0.25, 0.3) is 5.91 Å². The molecule has 2 aromatic heterocycles. The normalized spacial score (nSPS) is 11.0. The maximum Gasteiger partial charge on any atom is 0.265 e. The molecule has 0 atom stereocenters. The maximum absolute atomic E-state index is 12.4. The second-order valence-corrected chi connectivity index (χ2v) is 6.09. The average molecular weight is 321 g/mol. The van der Waals surface area contributed by atoms with E-state index in [9.17, 15) is 9.59 Å². The molecular weight excluding hydrogens is 310 g/mol. The van der Waals surface area contributed by atoms with E-state index in [1.165, 1.54) is 0 Å². The van der Waals surface area contributed by atoms with Gasteiger partial charge >= 0.3 is 0 Å². The molecule has 4 rings (SSSR count). The van der Waals surface area contributed by atoms with Crippen LogP contribution in [0.2, 0.25) is 0 Å². The first-order valence-electron chi connectivity index (χ1n) is 6.98. The van der Waals surface area contributed by atoms with Crippen LogP contribution in [0.4, 0.5) is 5.69 Å². The van der Waals surface area contributed by atoms with Gasteiger partial charge in [-0.3, -0.25) is 9.59 Å². The van der Waals surface area contributed by atoms with Gasteiger partial charge in [-0.25, -0.2) is 4.98 Å². The van der Waals surface area contributed by atoms with Crippen LogP contribution in [0, 0.1) is 0 Å². The molecule has 5 nitrogen and oxygen atoms in total. The average Bonchev–Trinajstić information content (AvgIpc) is 3.02. The fourth-order valence-electron chi connectivity index (χ4n) is 2.45. The number of aromatic amines is 1. The van der Waals surface area contributed by atoms with E-state index < -0.39 is 0 Å². The summed E-state index contributed by atoms with van der Waals surface area (Å²) in [6.45, 7) is 0. The Morgan fingerprint density at radius 1 is 1.13 bits per heavy atom. The molecule has 2 aromatic carbocycles. The highest BCUT2D eigenvalue weighted by molar-refractivity contribution is 7.12. The lowest BCUT2D eigenvalue weighted by atomic mass is 10.2. The summed E-state index contributed by atoms with van der Waals surface area (Å²) in [6, 6.07) is 14.4. The van der Waals surface area contributed by atoms with Gasteiger partial charge in [0.1, 0.15) is 0 Å². The fraction of sp³-hybridized carbons (Fsp3) is 0. The van der Waals surface area contributed by atoms with Gasteiger partial charge in [0.05, 0.1) is 22.2 Å². The monoisotopic (exact) mass is 321 g/mol. The van der Waals surface area contributed by atoms with Crippen molar-refractivity contribution in [2.45, 2.75) is 0 Å². The number of hydrogen-bond acceptors (Lipinski definition) is 4. The minimum Gasteiger partial charge on any atom is -0.345 e.